The first-order valence-electron chi connectivity index (χ1n) is 22.5. The van der Waals surface area contributed by atoms with E-state index < -0.39 is 0 Å². The number of carbonyl (C=O) groups is 2. The summed E-state index contributed by atoms with van der Waals surface area (Å²) in [6, 6.07) is 18.5. The average molecular weight is 847 g/mol. The number of halogens is 2. The van der Waals surface area contributed by atoms with Gasteiger partial charge in [0.25, 0.3) is 0 Å². The van der Waals surface area contributed by atoms with Crippen LogP contribution in [0.1, 0.15) is 65.2 Å². The SMILES string of the molecule is C#CCC12CC(NC(=O)C(C)C3[C@H]4CC(Oc5cc(-c6cccc7[nH]c(NC(=O)C(C)C8[C@H]9CC(Oc%10ccnc%11ccc(F)cc%10%11)C[C@@H]89)nc67)nc6ccc(F)cc56)C[C@@H]34)(C1)C2. The lowest BCUT2D eigenvalue weighted by atomic mass is 9.38. The van der Waals surface area contributed by atoms with Gasteiger partial charge in [-0.25, -0.2) is 18.7 Å². The van der Waals surface area contributed by atoms with Crippen molar-refractivity contribution in [2.75, 3.05) is 5.32 Å². The molecule has 6 aromatic rings. The van der Waals surface area contributed by atoms with Crippen LogP contribution in [0.3, 0.4) is 0 Å². The van der Waals surface area contributed by atoms with Crippen LogP contribution in [0.15, 0.2) is 72.9 Å². The molecule has 7 saturated carbocycles. The highest BCUT2D eigenvalue weighted by molar-refractivity contribution is 5.98. The monoisotopic (exact) mass is 846 g/mol. The van der Waals surface area contributed by atoms with Gasteiger partial charge < -0.3 is 19.8 Å². The lowest BCUT2D eigenvalue weighted by molar-refractivity contribution is -0.165. The molecule has 12 heteroatoms. The third kappa shape index (κ3) is 6.43. The molecule has 2 bridgehead atoms. The molecule has 10 atom stereocenters. The fourth-order valence-electron chi connectivity index (χ4n) is 13.1. The first-order chi connectivity index (χ1) is 30.5. The molecule has 6 unspecified atom stereocenters. The van der Waals surface area contributed by atoms with Gasteiger partial charge in [-0.3, -0.25) is 19.9 Å². The summed E-state index contributed by atoms with van der Waals surface area (Å²) >= 11 is 0. The largest absolute Gasteiger partial charge is 0.490 e. The maximum absolute atomic E-state index is 14.7. The fourth-order valence-corrected chi connectivity index (χ4v) is 13.1. The van der Waals surface area contributed by atoms with E-state index in [1.54, 1.807) is 24.4 Å². The van der Waals surface area contributed by atoms with Gasteiger partial charge in [-0.1, -0.05) is 26.0 Å². The molecule has 7 aliphatic carbocycles. The van der Waals surface area contributed by atoms with Crippen molar-refractivity contribution >= 4 is 50.6 Å². The molecule has 3 N–H and O–H groups in total. The van der Waals surface area contributed by atoms with Gasteiger partial charge in [0, 0.05) is 52.4 Å². The Kier molecular flexibility index (Phi) is 8.54. The third-order valence-electron chi connectivity index (χ3n) is 15.9. The molecule has 3 heterocycles. The van der Waals surface area contributed by atoms with Gasteiger partial charge in [0.2, 0.25) is 17.8 Å². The molecular formula is C51H48F2N6O4. The van der Waals surface area contributed by atoms with E-state index in [2.05, 4.69) is 33.4 Å². The highest BCUT2D eigenvalue weighted by Gasteiger charge is 2.68. The number of hydrogen-bond acceptors (Lipinski definition) is 7. The minimum atomic E-state index is -0.367. The summed E-state index contributed by atoms with van der Waals surface area (Å²) in [5.41, 5.74) is 4.29. The van der Waals surface area contributed by atoms with Gasteiger partial charge in [-0.2, -0.15) is 0 Å². The number of anilines is 1. The van der Waals surface area contributed by atoms with Gasteiger partial charge in [0.15, 0.2) is 0 Å². The number of H-pyrrole nitrogens is 1. The number of benzene rings is 3. The Morgan fingerprint density at radius 3 is 2.10 bits per heavy atom. The second-order valence-electron chi connectivity index (χ2n) is 19.9. The number of pyridine rings is 2. The van der Waals surface area contributed by atoms with E-state index in [1.165, 1.54) is 24.3 Å². The summed E-state index contributed by atoms with van der Waals surface area (Å²) in [4.78, 5) is 44.5. The van der Waals surface area contributed by atoms with Crippen LogP contribution in [0.4, 0.5) is 14.7 Å². The molecule has 3 aromatic heterocycles. The molecule has 63 heavy (non-hydrogen) atoms. The minimum Gasteiger partial charge on any atom is -0.490 e. The quantitative estimate of drug-likeness (QED) is 0.105. The molecular weight excluding hydrogens is 799 g/mol. The van der Waals surface area contributed by atoms with E-state index in [1.807, 2.05) is 31.2 Å². The number of fused-ring (bicyclic) bond motifs is 5. The number of aromatic amines is 1. The van der Waals surface area contributed by atoms with Crippen LogP contribution in [0, 0.1) is 76.7 Å². The lowest BCUT2D eigenvalue weighted by Crippen LogP contribution is -2.74. The number of carbonyl (C=O) groups excluding carboxylic acids is 2. The number of hydrogen-bond donors (Lipinski definition) is 3. The molecule has 7 fully saturated rings. The number of amides is 2. The molecule has 320 valence electrons. The van der Waals surface area contributed by atoms with Crippen LogP contribution in [-0.4, -0.2) is 49.5 Å². The van der Waals surface area contributed by atoms with Crippen molar-refractivity contribution in [3.05, 3.63) is 84.6 Å². The van der Waals surface area contributed by atoms with E-state index in [4.69, 9.17) is 25.9 Å². The third-order valence-corrected chi connectivity index (χ3v) is 15.9. The molecule has 0 spiro atoms. The van der Waals surface area contributed by atoms with Gasteiger partial charge in [0.1, 0.15) is 23.1 Å². The maximum Gasteiger partial charge on any atom is 0.229 e. The Hall–Kier alpha value is -6.09. The van der Waals surface area contributed by atoms with E-state index in [0.717, 1.165) is 62.4 Å². The second kappa shape index (κ2) is 14.0. The highest BCUT2D eigenvalue weighted by atomic mass is 19.1. The van der Waals surface area contributed by atoms with Crippen LogP contribution < -0.4 is 20.1 Å². The van der Waals surface area contributed by atoms with Crippen LogP contribution in [-0.2, 0) is 9.59 Å². The normalized spacial score (nSPS) is 31.5. The van der Waals surface area contributed by atoms with Gasteiger partial charge in [0.05, 0.1) is 40.0 Å². The number of para-hydroxylation sites is 1. The summed E-state index contributed by atoms with van der Waals surface area (Å²) in [6.07, 6.45) is 14.4. The van der Waals surface area contributed by atoms with Gasteiger partial charge in [-0.05, 0) is 134 Å². The van der Waals surface area contributed by atoms with Crippen molar-refractivity contribution in [3.63, 3.8) is 0 Å². The predicted octanol–water partition coefficient (Wildman–Crippen LogP) is 9.38. The van der Waals surface area contributed by atoms with Crippen molar-refractivity contribution in [3.8, 4) is 35.1 Å². The predicted molar refractivity (Wildman–Crippen MR) is 234 cm³/mol. The second-order valence-corrected chi connectivity index (χ2v) is 19.9. The topological polar surface area (TPSA) is 131 Å². The zero-order chi connectivity index (χ0) is 42.9. The number of nitrogens with one attached hydrogen (secondary N) is 3. The van der Waals surface area contributed by atoms with Crippen molar-refractivity contribution in [2.24, 2.45) is 52.8 Å². The van der Waals surface area contributed by atoms with Crippen molar-refractivity contribution in [2.45, 2.75) is 83.0 Å². The Labute approximate surface area is 363 Å². The number of imidazole rings is 1. The molecule has 2 amide bonds. The number of aromatic nitrogens is 4. The molecule has 3 aromatic carbocycles. The van der Waals surface area contributed by atoms with Gasteiger partial charge in [-0.15, -0.1) is 12.3 Å². The van der Waals surface area contributed by atoms with Crippen molar-refractivity contribution in [1.82, 2.24) is 25.3 Å². The number of rotatable bonds is 12. The minimum absolute atomic E-state index is 0.00288. The summed E-state index contributed by atoms with van der Waals surface area (Å²) in [6.45, 7) is 4.04. The van der Waals surface area contributed by atoms with E-state index in [0.29, 0.717) is 80.1 Å². The summed E-state index contributed by atoms with van der Waals surface area (Å²) in [5, 5.41) is 7.69. The smallest absolute Gasteiger partial charge is 0.229 e. The molecule has 0 saturated heterocycles. The first-order valence-corrected chi connectivity index (χ1v) is 22.5. The Balaban J connectivity index is 0.704. The lowest BCUT2D eigenvalue weighted by Gasteiger charge is -2.70. The Bertz CT molecular complexity index is 2900. The van der Waals surface area contributed by atoms with Crippen LogP contribution in [0.5, 0.6) is 11.5 Å². The maximum atomic E-state index is 14.7. The molecule has 13 rings (SSSR count). The standard InChI is InChI=1S/C51H48F2N6O4/c1-4-13-50-22-51(23-50,24-50)59-48(61)26(3)45-34-19-30(20-35(34)45)63-43-21-41(55-39-11-9-28(53)16-37(39)43)31-6-5-7-40-46(31)57-49(56-40)58-47(60)25(2)44-32-17-29(18-33(32)44)62-42-12-14-54-38-10-8-27(52)15-36(38)42/h1,5-12,14-16,21,25-26,29-30,32-35,44-45H,13,17-20,22-24H2,2-3H3,(H,59,61)(H2,56,57,58,60)/t25?,26?,29?,30?,32-,33+,34-,35+,44?,45?,50?,51?. The van der Waals surface area contributed by atoms with Crippen molar-refractivity contribution < 1.29 is 27.8 Å². The number of terminal acetylenes is 1. The molecule has 7 aliphatic rings. The molecule has 0 radical (unpaired) electrons. The molecule has 0 aliphatic heterocycles. The van der Waals surface area contributed by atoms with Gasteiger partial charge >= 0.3 is 0 Å². The van der Waals surface area contributed by atoms with Crippen LogP contribution in [0.25, 0.3) is 44.1 Å². The van der Waals surface area contributed by atoms with E-state index in [9.17, 15) is 18.4 Å². The van der Waals surface area contributed by atoms with E-state index >= 15 is 0 Å². The van der Waals surface area contributed by atoms with Crippen molar-refractivity contribution in [1.29, 1.82) is 0 Å². The first kappa shape index (κ1) is 38.6. The zero-order valence-electron chi connectivity index (χ0n) is 35.2. The Morgan fingerprint density at radius 1 is 0.810 bits per heavy atom. The average Bonchev–Trinajstić information content (AvgIpc) is 3.80. The van der Waals surface area contributed by atoms with Crippen LogP contribution >= 0.6 is 0 Å². The van der Waals surface area contributed by atoms with Crippen LogP contribution in [0.2, 0.25) is 0 Å². The zero-order valence-corrected chi connectivity index (χ0v) is 35.2. The fraction of sp³-hybridized carbons (Fsp3) is 0.431. The summed E-state index contributed by atoms with van der Waals surface area (Å²) < 4.78 is 41.8. The summed E-state index contributed by atoms with van der Waals surface area (Å²) in [7, 11) is 0. The van der Waals surface area contributed by atoms with E-state index in [-0.39, 0.29) is 64.4 Å². The molecule has 10 nitrogen and oxygen atoms in total. The Morgan fingerprint density at radius 2 is 1.43 bits per heavy atom. The number of ether oxygens (including phenoxy) is 2. The summed E-state index contributed by atoms with van der Waals surface area (Å²) in [5.74, 6) is 5.66. The highest BCUT2D eigenvalue weighted by Crippen LogP contribution is 2.69. The number of nitrogens with zero attached hydrogens (tertiary/aromatic N) is 3.